The highest BCUT2D eigenvalue weighted by molar-refractivity contribution is 7.98. The summed E-state index contributed by atoms with van der Waals surface area (Å²) in [6, 6.07) is 5.17. The van der Waals surface area contributed by atoms with Crippen LogP contribution in [0.15, 0.2) is 18.2 Å². The molecule has 1 rings (SSSR count). The molecule has 1 atom stereocenters. The third-order valence-corrected chi connectivity index (χ3v) is 3.72. The second kappa shape index (κ2) is 6.61. The van der Waals surface area contributed by atoms with Gasteiger partial charge in [-0.15, -0.1) is 0 Å². The number of nitro benzene ring substituents is 1. The highest BCUT2D eigenvalue weighted by Crippen LogP contribution is 2.25. The fourth-order valence-electron chi connectivity index (χ4n) is 1.70. The Hall–Kier alpha value is -1.27. The van der Waals surface area contributed by atoms with Crippen molar-refractivity contribution in [3.63, 3.8) is 0 Å². The maximum Gasteiger partial charge on any atom is 0.275 e. The molecule has 100 valence electrons. The number of nitrogens with zero attached hydrogens (tertiary/aromatic N) is 2. The van der Waals surface area contributed by atoms with E-state index in [9.17, 15) is 15.2 Å². The molecule has 0 aliphatic heterocycles. The molecule has 0 aliphatic carbocycles. The third kappa shape index (κ3) is 3.36. The van der Waals surface area contributed by atoms with E-state index in [2.05, 4.69) is 11.8 Å². The maximum atomic E-state index is 10.8. The van der Waals surface area contributed by atoms with Crippen molar-refractivity contribution in [1.29, 1.82) is 0 Å². The van der Waals surface area contributed by atoms with Gasteiger partial charge in [-0.25, -0.2) is 0 Å². The molecule has 0 radical (unpaired) electrons. The number of hydrogen-bond acceptors (Lipinski definition) is 5. The van der Waals surface area contributed by atoms with E-state index >= 15 is 0 Å². The average Bonchev–Trinajstić information content (AvgIpc) is 2.37. The Kier molecular flexibility index (Phi) is 5.43. The van der Waals surface area contributed by atoms with Crippen LogP contribution in [-0.4, -0.2) is 35.1 Å². The van der Waals surface area contributed by atoms with Crippen molar-refractivity contribution in [3.8, 4) is 0 Å². The molecule has 1 unspecified atom stereocenters. The van der Waals surface area contributed by atoms with Crippen molar-refractivity contribution < 1.29 is 10.0 Å². The Labute approximate surface area is 111 Å². The van der Waals surface area contributed by atoms with Gasteiger partial charge in [0.2, 0.25) is 0 Å². The lowest BCUT2D eigenvalue weighted by atomic mass is 10.1. The van der Waals surface area contributed by atoms with Crippen molar-refractivity contribution >= 4 is 23.1 Å². The van der Waals surface area contributed by atoms with Crippen molar-refractivity contribution in [1.82, 2.24) is 0 Å². The van der Waals surface area contributed by atoms with Crippen molar-refractivity contribution in [2.75, 3.05) is 24.0 Å². The van der Waals surface area contributed by atoms with Crippen LogP contribution in [0.25, 0.3) is 0 Å². The standard InChI is InChI=1S/C12H18N2O3S/c1-9(8-18-3)13(2)11-4-5-12(14(16)17)10(6-11)7-15/h4-6,9,15H,7-8H2,1-3H3. The summed E-state index contributed by atoms with van der Waals surface area (Å²) in [5, 5.41) is 20.0. The van der Waals surface area contributed by atoms with Crippen molar-refractivity contribution in [3.05, 3.63) is 33.9 Å². The summed E-state index contributed by atoms with van der Waals surface area (Å²) < 4.78 is 0. The van der Waals surface area contributed by atoms with Gasteiger partial charge in [0.25, 0.3) is 5.69 Å². The molecule has 0 spiro atoms. The largest absolute Gasteiger partial charge is 0.391 e. The van der Waals surface area contributed by atoms with E-state index in [1.807, 2.05) is 13.3 Å². The fraction of sp³-hybridized carbons (Fsp3) is 0.500. The third-order valence-electron chi connectivity index (χ3n) is 2.91. The molecular weight excluding hydrogens is 252 g/mol. The highest BCUT2D eigenvalue weighted by atomic mass is 32.2. The number of nitro groups is 1. The predicted molar refractivity (Wildman–Crippen MR) is 75.3 cm³/mol. The lowest BCUT2D eigenvalue weighted by Crippen LogP contribution is -2.30. The molecule has 0 amide bonds. The molecule has 6 heteroatoms. The minimum atomic E-state index is -0.472. The van der Waals surface area contributed by atoms with Crippen LogP contribution in [-0.2, 0) is 6.61 Å². The summed E-state index contributed by atoms with van der Waals surface area (Å²) in [5.74, 6) is 0.974. The van der Waals surface area contributed by atoms with E-state index in [0.717, 1.165) is 11.4 Å². The van der Waals surface area contributed by atoms with Crippen LogP contribution < -0.4 is 4.90 Å². The molecule has 0 heterocycles. The first-order chi connectivity index (χ1) is 8.51. The molecular formula is C12H18N2O3S. The molecule has 5 nitrogen and oxygen atoms in total. The molecule has 1 aromatic carbocycles. The van der Waals surface area contributed by atoms with Crippen LogP contribution in [0.4, 0.5) is 11.4 Å². The highest BCUT2D eigenvalue weighted by Gasteiger charge is 2.16. The SMILES string of the molecule is CSCC(C)N(C)c1ccc([N+](=O)[O-])c(CO)c1. The van der Waals surface area contributed by atoms with Gasteiger partial charge in [-0.2, -0.15) is 11.8 Å². The van der Waals surface area contributed by atoms with Crippen molar-refractivity contribution in [2.45, 2.75) is 19.6 Å². The first-order valence-corrected chi connectivity index (χ1v) is 7.00. The fourth-order valence-corrected chi connectivity index (χ4v) is 2.41. The average molecular weight is 270 g/mol. The van der Waals surface area contributed by atoms with Crippen LogP contribution in [0, 0.1) is 10.1 Å². The summed E-state index contributed by atoms with van der Waals surface area (Å²) in [5.41, 5.74) is 1.19. The molecule has 1 N–H and O–H groups in total. The van der Waals surface area contributed by atoms with Gasteiger partial charge in [-0.1, -0.05) is 0 Å². The van der Waals surface area contributed by atoms with Gasteiger partial charge in [0.05, 0.1) is 17.1 Å². The molecule has 0 saturated heterocycles. The van der Waals surface area contributed by atoms with E-state index in [4.69, 9.17) is 0 Å². The van der Waals surface area contributed by atoms with Gasteiger partial charge in [0.15, 0.2) is 0 Å². The van der Waals surface area contributed by atoms with Gasteiger partial charge >= 0.3 is 0 Å². The summed E-state index contributed by atoms with van der Waals surface area (Å²) in [6.07, 6.45) is 2.04. The number of anilines is 1. The van der Waals surface area contributed by atoms with Crippen LogP contribution >= 0.6 is 11.8 Å². The second-order valence-electron chi connectivity index (χ2n) is 4.14. The lowest BCUT2D eigenvalue weighted by Gasteiger charge is -2.26. The zero-order valence-corrected chi connectivity index (χ0v) is 11.6. The van der Waals surface area contributed by atoms with Crippen LogP contribution in [0.5, 0.6) is 0 Å². The Balaban J connectivity index is 3.01. The lowest BCUT2D eigenvalue weighted by molar-refractivity contribution is -0.385. The number of rotatable bonds is 6. The van der Waals surface area contributed by atoms with Crippen molar-refractivity contribution in [2.24, 2.45) is 0 Å². The zero-order chi connectivity index (χ0) is 13.7. The summed E-state index contributed by atoms with van der Waals surface area (Å²) in [7, 11) is 1.95. The zero-order valence-electron chi connectivity index (χ0n) is 10.8. The smallest absolute Gasteiger partial charge is 0.275 e. The number of aliphatic hydroxyl groups excluding tert-OH is 1. The Bertz CT molecular complexity index is 426. The van der Waals surface area contributed by atoms with Crippen LogP contribution in [0.1, 0.15) is 12.5 Å². The Morgan fingerprint density at radius 3 is 2.72 bits per heavy atom. The first-order valence-electron chi connectivity index (χ1n) is 5.61. The minimum absolute atomic E-state index is 0.0350. The molecule has 1 aromatic rings. The van der Waals surface area contributed by atoms with E-state index in [0.29, 0.717) is 11.6 Å². The van der Waals surface area contributed by atoms with Gasteiger partial charge in [0.1, 0.15) is 0 Å². The summed E-state index contributed by atoms with van der Waals surface area (Å²) in [4.78, 5) is 12.4. The first kappa shape index (κ1) is 14.8. The van der Waals surface area contributed by atoms with Gasteiger partial charge in [0, 0.05) is 30.6 Å². The quantitative estimate of drug-likeness (QED) is 0.634. The molecule has 0 saturated carbocycles. The molecule has 0 fully saturated rings. The number of thioether (sulfide) groups is 1. The van der Waals surface area contributed by atoms with E-state index in [-0.39, 0.29) is 12.3 Å². The van der Waals surface area contributed by atoms with Gasteiger partial charge in [-0.3, -0.25) is 10.1 Å². The van der Waals surface area contributed by atoms with Gasteiger partial charge in [-0.05, 0) is 25.3 Å². The van der Waals surface area contributed by atoms with Crippen LogP contribution in [0.3, 0.4) is 0 Å². The van der Waals surface area contributed by atoms with Crippen LogP contribution in [0.2, 0.25) is 0 Å². The summed E-state index contributed by atoms with van der Waals surface area (Å²) >= 11 is 1.75. The summed E-state index contributed by atoms with van der Waals surface area (Å²) in [6.45, 7) is 1.77. The van der Waals surface area contributed by atoms with E-state index in [1.54, 1.807) is 23.9 Å². The molecule has 0 aromatic heterocycles. The molecule has 0 aliphatic rings. The minimum Gasteiger partial charge on any atom is -0.391 e. The topological polar surface area (TPSA) is 66.6 Å². The maximum absolute atomic E-state index is 10.8. The number of aliphatic hydroxyl groups is 1. The monoisotopic (exact) mass is 270 g/mol. The Morgan fingerprint density at radius 2 is 2.22 bits per heavy atom. The Morgan fingerprint density at radius 1 is 1.56 bits per heavy atom. The number of benzene rings is 1. The normalized spacial score (nSPS) is 12.2. The molecule has 18 heavy (non-hydrogen) atoms. The van der Waals surface area contributed by atoms with E-state index < -0.39 is 4.92 Å². The van der Waals surface area contributed by atoms with E-state index in [1.165, 1.54) is 6.07 Å². The number of hydrogen-bond donors (Lipinski definition) is 1. The van der Waals surface area contributed by atoms with Gasteiger partial charge < -0.3 is 10.0 Å². The molecule has 0 bridgehead atoms. The second-order valence-corrected chi connectivity index (χ2v) is 5.05. The predicted octanol–water partition coefficient (Wildman–Crippen LogP) is 2.27.